The lowest BCUT2D eigenvalue weighted by Crippen LogP contribution is -2.15. The van der Waals surface area contributed by atoms with Gasteiger partial charge in [0.25, 0.3) is 0 Å². The number of hydrogen-bond acceptors (Lipinski definition) is 3. The molecule has 0 unspecified atom stereocenters. The molecule has 0 aliphatic rings. The maximum absolute atomic E-state index is 12.4. The summed E-state index contributed by atoms with van der Waals surface area (Å²) in [6.07, 6.45) is 5.09. The molecular formula is C23H29N5O. The van der Waals surface area contributed by atoms with Gasteiger partial charge >= 0.3 is 0 Å². The molecule has 0 radical (unpaired) electrons. The number of amides is 1. The number of aryl methyl sites for hydroxylation is 2. The molecule has 0 spiro atoms. The van der Waals surface area contributed by atoms with Gasteiger partial charge in [-0.1, -0.05) is 43.7 Å². The first-order chi connectivity index (χ1) is 13.8. The summed E-state index contributed by atoms with van der Waals surface area (Å²) in [6, 6.07) is 10.3. The Labute approximate surface area is 172 Å². The van der Waals surface area contributed by atoms with Crippen molar-refractivity contribution in [2.24, 2.45) is 5.92 Å². The molecular weight excluding hydrogens is 362 g/mol. The van der Waals surface area contributed by atoms with Gasteiger partial charge in [0.05, 0.1) is 18.4 Å². The van der Waals surface area contributed by atoms with Crippen LogP contribution >= 0.6 is 0 Å². The second-order valence-corrected chi connectivity index (χ2v) is 7.84. The number of hydrogen-bond donors (Lipinski definition) is 1. The first kappa shape index (κ1) is 20.6. The van der Waals surface area contributed by atoms with Crippen LogP contribution in [0.3, 0.4) is 0 Å². The summed E-state index contributed by atoms with van der Waals surface area (Å²) in [4.78, 5) is 12.4. The zero-order valence-corrected chi connectivity index (χ0v) is 17.8. The fourth-order valence-corrected chi connectivity index (χ4v) is 3.23. The van der Waals surface area contributed by atoms with E-state index < -0.39 is 0 Å². The van der Waals surface area contributed by atoms with Crippen LogP contribution in [-0.4, -0.2) is 25.5 Å². The summed E-state index contributed by atoms with van der Waals surface area (Å²) in [7, 11) is 0. The van der Waals surface area contributed by atoms with Crippen LogP contribution in [0.25, 0.3) is 6.08 Å². The normalized spacial score (nSPS) is 11.5. The summed E-state index contributed by atoms with van der Waals surface area (Å²) in [6.45, 7) is 11.8. The van der Waals surface area contributed by atoms with E-state index in [1.54, 1.807) is 12.3 Å². The SMILES string of the molecule is Cc1ccc(Cn2nc(C)c(/C=C/C(=O)Nc3ccnn3CC(C)C)c2C)cc1. The van der Waals surface area contributed by atoms with E-state index in [-0.39, 0.29) is 5.91 Å². The Kier molecular flexibility index (Phi) is 6.32. The smallest absolute Gasteiger partial charge is 0.249 e. The Morgan fingerprint density at radius 3 is 2.52 bits per heavy atom. The fraction of sp³-hybridized carbons (Fsp3) is 0.348. The Morgan fingerprint density at radius 2 is 1.83 bits per heavy atom. The van der Waals surface area contributed by atoms with Crippen LogP contribution in [0.2, 0.25) is 0 Å². The molecule has 0 aliphatic carbocycles. The average Bonchev–Trinajstić information content (AvgIpc) is 3.19. The van der Waals surface area contributed by atoms with E-state index in [0.717, 1.165) is 23.5 Å². The van der Waals surface area contributed by atoms with Crippen molar-refractivity contribution in [2.75, 3.05) is 5.32 Å². The van der Waals surface area contributed by atoms with Gasteiger partial charge in [-0.05, 0) is 38.3 Å². The highest BCUT2D eigenvalue weighted by atomic mass is 16.1. The Balaban J connectivity index is 1.70. The summed E-state index contributed by atoms with van der Waals surface area (Å²) in [5.74, 6) is 0.975. The number of nitrogens with zero attached hydrogens (tertiary/aromatic N) is 4. The van der Waals surface area contributed by atoms with Crippen LogP contribution in [0, 0.1) is 26.7 Å². The van der Waals surface area contributed by atoms with Crippen LogP contribution in [-0.2, 0) is 17.9 Å². The molecule has 1 N–H and O–H groups in total. The molecule has 0 atom stereocenters. The lowest BCUT2D eigenvalue weighted by atomic mass is 10.1. The average molecular weight is 392 g/mol. The minimum atomic E-state index is -0.180. The fourth-order valence-electron chi connectivity index (χ4n) is 3.23. The van der Waals surface area contributed by atoms with Crippen molar-refractivity contribution in [3.05, 3.63) is 70.7 Å². The third kappa shape index (κ3) is 5.22. The van der Waals surface area contributed by atoms with E-state index in [9.17, 15) is 4.79 Å². The summed E-state index contributed by atoms with van der Waals surface area (Å²) >= 11 is 0. The number of benzene rings is 1. The molecule has 0 saturated heterocycles. The quantitative estimate of drug-likeness (QED) is 0.609. The van der Waals surface area contributed by atoms with Gasteiger partial charge < -0.3 is 5.32 Å². The van der Waals surface area contributed by atoms with E-state index in [2.05, 4.69) is 60.6 Å². The van der Waals surface area contributed by atoms with Gasteiger partial charge in [-0.3, -0.25) is 9.48 Å². The second kappa shape index (κ2) is 8.90. The van der Waals surface area contributed by atoms with Crippen molar-refractivity contribution in [3.63, 3.8) is 0 Å². The molecule has 3 rings (SSSR count). The zero-order chi connectivity index (χ0) is 21.0. The monoisotopic (exact) mass is 391 g/mol. The third-order valence-corrected chi connectivity index (χ3v) is 4.80. The largest absolute Gasteiger partial charge is 0.307 e. The molecule has 6 heteroatoms. The third-order valence-electron chi connectivity index (χ3n) is 4.80. The van der Waals surface area contributed by atoms with E-state index in [1.165, 1.54) is 11.1 Å². The van der Waals surface area contributed by atoms with E-state index in [0.29, 0.717) is 18.3 Å². The first-order valence-electron chi connectivity index (χ1n) is 9.94. The van der Waals surface area contributed by atoms with Crippen molar-refractivity contribution in [3.8, 4) is 0 Å². The summed E-state index contributed by atoms with van der Waals surface area (Å²) < 4.78 is 3.79. The molecule has 6 nitrogen and oxygen atoms in total. The number of nitrogens with one attached hydrogen (secondary N) is 1. The van der Waals surface area contributed by atoms with E-state index >= 15 is 0 Å². The minimum Gasteiger partial charge on any atom is -0.307 e. The first-order valence-corrected chi connectivity index (χ1v) is 9.94. The minimum absolute atomic E-state index is 0.180. The molecule has 2 heterocycles. The van der Waals surface area contributed by atoms with Crippen molar-refractivity contribution < 1.29 is 4.79 Å². The van der Waals surface area contributed by atoms with Gasteiger partial charge in [0.1, 0.15) is 5.82 Å². The molecule has 152 valence electrons. The zero-order valence-electron chi connectivity index (χ0n) is 17.8. The highest BCUT2D eigenvalue weighted by Gasteiger charge is 2.11. The van der Waals surface area contributed by atoms with Crippen LogP contribution in [0.15, 0.2) is 42.6 Å². The Morgan fingerprint density at radius 1 is 1.10 bits per heavy atom. The number of aromatic nitrogens is 4. The van der Waals surface area contributed by atoms with E-state index in [1.807, 2.05) is 35.4 Å². The number of carbonyl (C=O) groups excluding carboxylic acids is 1. The molecule has 0 bridgehead atoms. The lowest BCUT2D eigenvalue weighted by Gasteiger charge is -2.09. The van der Waals surface area contributed by atoms with Crippen molar-refractivity contribution in [1.82, 2.24) is 19.6 Å². The standard InChI is InChI=1S/C23H29N5O/c1-16(2)14-28-22(12-13-24-28)25-23(29)11-10-21-18(4)26-27(19(21)5)15-20-8-6-17(3)7-9-20/h6-13,16H,14-15H2,1-5H3,(H,25,29)/b11-10+. The maximum Gasteiger partial charge on any atom is 0.249 e. The van der Waals surface area contributed by atoms with Crippen molar-refractivity contribution in [1.29, 1.82) is 0 Å². The van der Waals surface area contributed by atoms with Crippen LogP contribution in [0.4, 0.5) is 5.82 Å². The van der Waals surface area contributed by atoms with Gasteiger partial charge in [-0.2, -0.15) is 10.2 Å². The van der Waals surface area contributed by atoms with Gasteiger partial charge in [-0.25, -0.2) is 4.68 Å². The Bertz CT molecular complexity index is 1010. The Hall–Kier alpha value is -3.15. The molecule has 0 aliphatic heterocycles. The number of carbonyl (C=O) groups is 1. The van der Waals surface area contributed by atoms with E-state index in [4.69, 9.17) is 0 Å². The van der Waals surface area contributed by atoms with Crippen LogP contribution in [0.5, 0.6) is 0 Å². The predicted molar refractivity (Wildman–Crippen MR) is 117 cm³/mol. The van der Waals surface area contributed by atoms with Crippen LogP contribution in [0.1, 0.15) is 41.9 Å². The van der Waals surface area contributed by atoms with Gasteiger partial charge in [0.2, 0.25) is 5.91 Å². The topological polar surface area (TPSA) is 64.7 Å². The van der Waals surface area contributed by atoms with Gasteiger partial charge in [-0.15, -0.1) is 0 Å². The van der Waals surface area contributed by atoms with Crippen LogP contribution < -0.4 is 5.32 Å². The molecule has 0 fully saturated rings. The van der Waals surface area contributed by atoms with Gasteiger partial charge in [0.15, 0.2) is 0 Å². The van der Waals surface area contributed by atoms with Gasteiger partial charge in [0, 0.05) is 29.9 Å². The lowest BCUT2D eigenvalue weighted by molar-refractivity contribution is -0.111. The molecule has 2 aromatic heterocycles. The van der Waals surface area contributed by atoms with Crippen molar-refractivity contribution >= 4 is 17.8 Å². The highest BCUT2D eigenvalue weighted by molar-refractivity contribution is 6.01. The molecule has 29 heavy (non-hydrogen) atoms. The summed E-state index contributed by atoms with van der Waals surface area (Å²) in [5.41, 5.74) is 5.36. The molecule has 1 amide bonds. The summed E-state index contributed by atoms with van der Waals surface area (Å²) in [5, 5.41) is 11.8. The number of anilines is 1. The predicted octanol–water partition coefficient (Wildman–Crippen LogP) is 4.36. The molecule has 0 saturated carbocycles. The molecule has 1 aromatic carbocycles. The second-order valence-electron chi connectivity index (χ2n) is 7.84. The molecule has 3 aromatic rings. The highest BCUT2D eigenvalue weighted by Crippen LogP contribution is 2.17. The number of rotatable bonds is 7. The maximum atomic E-state index is 12.4. The van der Waals surface area contributed by atoms with Crippen molar-refractivity contribution in [2.45, 2.75) is 47.7 Å².